The van der Waals surface area contributed by atoms with Gasteiger partial charge in [-0.2, -0.15) is 0 Å². The van der Waals surface area contributed by atoms with Gasteiger partial charge in [-0.1, -0.05) is 19.1 Å². The number of ether oxygens (including phenoxy) is 2. The number of halogens is 1. The lowest BCUT2D eigenvalue weighted by atomic mass is 10.1. The molecule has 0 fully saturated rings. The summed E-state index contributed by atoms with van der Waals surface area (Å²) in [6, 6.07) is 10.4. The van der Waals surface area contributed by atoms with E-state index in [1.807, 2.05) is 13.8 Å². The maximum atomic E-state index is 13.8. The summed E-state index contributed by atoms with van der Waals surface area (Å²) in [6.45, 7) is 3.19. The first-order valence-electron chi connectivity index (χ1n) is 11.1. The molecule has 10 heteroatoms. The van der Waals surface area contributed by atoms with Crippen LogP contribution in [0.15, 0.2) is 53.1 Å². The Morgan fingerprint density at radius 3 is 2.83 bits per heavy atom. The molecular formula is C25H24FN3O6. The van der Waals surface area contributed by atoms with E-state index in [-0.39, 0.29) is 60.5 Å². The van der Waals surface area contributed by atoms with Crippen LogP contribution >= 0.6 is 0 Å². The van der Waals surface area contributed by atoms with Crippen molar-refractivity contribution in [1.82, 2.24) is 10.3 Å². The molecule has 182 valence electrons. The number of oxazole rings is 1. The van der Waals surface area contributed by atoms with Gasteiger partial charge in [-0.05, 0) is 43.7 Å². The van der Waals surface area contributed by atoms with Crippen molar-refractivity contribution in [3.63, 3.8) is 0 Å². The lowest BCUT2D eigenvalue weighted by Gasteiger charge is -2.28. The number of para-hydroxylation sites is 1. The van der Waals surface area contributed by atoms with E-state index in [2.05, 4.69) is 10.3 Å². The van der Waals surface area contributed by atoms with Crippen molar-refractivity contribution < 1.29 is 32.7 Å². The first-order chi connectivity index (χ1) is 16.9. The van der Waals surface area contributed by atoms with Crippen LogP contribution in [0.25, 0.3) is 0 Å². The Labute approximate surface area is 200 Å². The SMILES string of the molecule is CCC(C)NC(=O)c1coc(CN2C(=O)COc3ccc(C(=O)COc4ccccc4F)cc32)n1. The standard InChI is InChI=1S/C25H24FN3O6/c1-3-15(2)27-25(32)18-12-35-23(28-18)11-29-19-10-16(8-9-22(19)34-14-24(29)31)20(30)13-33-21-7-5-4-6-17(21)26/h4-10,12,15H,3,11,13-14H2,1-2H3,(H,27,32). The zero-order valence-corrected chi connectivity index (χ0v) is 19.2. The van der Waals surface area contributed by atoms with E-state index in [0.29, 0.717) is 11.4 Å². The normalized spacial score (nSPS) is 13.6. The highest BCUT2D eigenvalue weighted by Crippen LogP contribution is 2.34. The first-order valence-corrected chi connectivity index (χ1v) is 11.1. The smallest absolute Gasteiger partial charge is 0.273 e. The second kappa shape index (κ2) is 10.4. The molecule has 0 aliphatic carbocycles. The van der Waals surface area contributed by atoms with Gasteiger partial charge in [0.1, 0.15) is 18.6 Å². The number of nitrogens with zero attached hydrogens (tertiary/aromatic N) is 2. The molecule has 0 saturated carbocycles. The molecule has 3 aromatic rings. The molecule has 2 aromatic carbocycles. The van der Waals surface area contributed by atoms with Crippen molar-refractivity contribution in [3.05, 3.63) is 71.7 Å². The molecule has 4 rings (SSSR count). The molecule has 1 aliphatic rings. The van der Waals surface area contributed by atoms with Crippen LogP contribution in [-0.2, 0) is 11.3 Å². The van der Waals surface area contributed by atoms with E-state index in [4.69, 9.17) is 13.9 Å². The van der Waals surface area contributed by atoms with Crippen molar-refractivity contribution in [2.24, 2.45) is 0 Å². The van der Waals surface area contributed by atoms with E-state index in [9.17, 15) is 18.8 Å². The summed E-state index contributed by atoms with van der Waals surface area (Å²) in [4.78, 5) is 43.1. The average Bonchev–Trinajstić information content (AvgIpc) is 3.33. The van der Waals surface area contributed by atoms with Crippen LogP contribution in [0.5, 0.6) is 11.5 Å². The van der Waals surface area contributed by atoms with E-state index in [1.54, 1.807) is 18.2 Å². The highest BCUT2D eigenvalue weighted by molar-refractivity contribution is 6.02. The number of carbonyl (C=O) groups is 3. The van der Waals surface area contributed by atoms with Crippen molar-refractivity contribution in [1.29, 1.82) is 0 Å². The third kappa shape index (κ3) is 5.48. The molecule has 1 aromatic heterocycles. The molecule has 0 radical (unpaired) electrons. The Balaban J connectivity index is 1.50. The fourth-order valence-corrected chi connectivity index (χ4v) is 3.36. The lowest BCUT2D eigenvalue weighted by Crippen LogP contribution is -2.38. The fourth-order valence-electron chi connectivity index (χ4n) is 3.36. The summed E-state index contributed by atoms with van der Waals surface area (Å²) < 4.78 is 30.0. The Hall–Kier alpha value is -4.21. The zero-order chi connectivity index (χ0) is 24.9. The number of benzene rings is 2. The van der Waals surface area contributed by atoms with Crippen LogP contribution in [0.2, 0.25) is 0 Å². The summed E-state index contributed by atoms with van der Waals surface area (Å²) in [5, 5.41) is 2.80. The van der Waals surface area contributed by atoms with Crippen molar-refractivity contribution >= 4 is 23.3 Å². The molecule has 1 atom stereocenters. The maximum Gasteiger partial charge on any atom is 0.273 e. The van der Waals surface area contributed by atoms with Crippen molar-refractivity contribution in [2.45, 2.75) is 32.9 Å². The predicted octanol–water partition coefficient (Wildman–Crippen LogP) is 3.53. The second-order valence-electron chi connectivity index (χ2n) is 8.00. The minimum atomic E-state index is -0.570. The van der Waals surface area contributed by atoms with Crippen LogP contribution in [0.3, 0.4) is 0 Å². The van der Waals surface area contributed by atoms with Gasteiger partial charge in [0, 0.05) is 11.6 Å². The van der Waals surface area contributed by atoms with Gasteiger partial charge < -0.3 is 19.2 Å². The number of amides is 2. The highest BCUT2D eigenvalue weighted by atomic mass is 19.1. The molecule has 2 heterocycles. The molecule has 0 saturated heterocycles. The van der Waals surface area contributed by atoms with Crippen LogP contribution in [0, 0.1) is 5.82 Å². The average molecular weight is 481 g/mol. The topological polar surface area (TPSA) is 111 Å². The Bertz CT molecular complexity index is 1260. The molecule has 1 unspecified atom stereocenters. The number of ketones is 1. The van der Waals surface area contributed by atoms with E-state index >= 15 is 0 Å². The van der Waals surface area contributed by atoms with Gasteiger partial charge in [0.05, 0.1) is 5.69 Å². The molecule has 1 aliphatic heterocycles. The van der Waals surface area contributed by atoms with Crippen LogP contribution in [0.1, 0.15) is 47.0 Å². The summed E-state index contributed by atoms with van der Waals surface area (Å²) in [6.07, 6.45) is 2.00. The third-order valence-corrected chi connectivity index (χ3v) is 5.49. The molecule has 9 nitrogen and oxygen atoms in total. The van der Waals surface area contributed by atoms with Gasteiger partial charge in [-0.15, -0.1) is 0 Å². The molecule has 0 spiro atoms. The largest absolute Gasteiger partial charge is 0.482 e. The monoisotopic (exact) mass is 481 g/mol. The number of Topliss-reactive ketones (excluding diaryl/α,β-unsaturated/α-hetero) is 1. The van der Waals surface area contributed by atoms with E-state index in [1.165, 1.54) is 35.4 Å². The molecular weight excluding hydrogens is 457 g/mol. The van der Waals surface area contributed by atoms with Crippen molar-refractivity contribution in [3.8, 4) is 11.5 Å². The maximum absolute atomic E-state index is 13.8. The van der Waals surface area contributed by atoms with Crippen LogP contribution < -0.4 is 19.7 Å². The number of fused-ring (bicyclic) bond motifs is 1. The van der Waals surface area contributed by atoms with Gasteiger partial charge in [0.15, 0.2) is 36.3 Å². The third-order valence-electron chi connectivity index (χ3n) is 5.49. The van der Waals surface area contributed by atoms with E-state index in [0.717, 1.165) is 6.42 Å². The molecule has 35 heavy (non-hydrogen) atoms. The number of anilines is 1. The van der Waals surface area contributed by atoms with Crippen LogP contribution in [0.4, 0.5) is 10.1 Å². The second-order valence-corrected chi connectivity index (χ2v) is 8.00. The minimum Gasteiger partial charge on any atom is -0.482 e. The predicted molar refractivity (Wildman–Crippen MR) is 123 cm³/mol. The van der Waals surface area contributed by atoms with Gasteiger partial charge in [0.2, 0.25) is 5.89 Å². The Morgan fingerprint density at radius 2 is 2.06 bits per heavy atom. The minimum absolute atomic E-state index is 0.0198. The lowest BCUT2D eigenvalue weighted by molar-refractivity contribution is -0.121. The van der Waals surface area contributed by atoms with Gasteiger partial charge in [-0.3, -0.25) is 19.3 Å². The van der Waals surface area contributed by atoms with Gasteiger partial charge >= 0.3 is 0 Å². The Kier molecular flexibility index (Phi) is 7.09. The summed E-state index contributed by atoms with van der Waals surface area (Å²) >= 11 is 0. The van der Waals surface area contributed by atoms with Gasteiger partial charge in [-0.25, -0.2) is 9.37 Å². The number of carbonyl (C=O) groups excluding carboxylic acids is 3. The summed E-state index contributed by atoms with van der Waals surface area (Å²) in [7, 11) is 0. The highest BCUT2D eigenvalue weighted by Gasteiger charge is 2.28. The zero-order valence-electron chi connectivity index (χ0n) is 19.2. The number of hydrogen-bond donors (Lipinski definition) is 1. The number of hydrogen-bond acceptors (Lipinski definition) is 7. The summed E-state index contributed by atoms with van der Waals surface area (Å²) in [5.41, 5.74) is 0.710. The summed E-state index contributed by atoms with van der Waals surface area (Å²) in [5.74, 6) is -1.19. The Morgan fingerprint density at radius 1 is 1.26 bits per heavy atom. The molecule has 1 N–H and O–H groups in total. The molecule has 0 bridgehead atoms. The number of rotatable bonds is 9. The van der Waals surface area contributed by atoms with Crippen molar-refractivity contribution in [2.75, 3.05) is 18.1 Å². The fraction of sp³-hybridized carbons (Fsp3) is 0.280. The van der Waals surface area contributed by atoms with E-state index < -0.39 is 11.6 Å². The number of nitrogens with one attached hydrogen (secondary N) is 1. The number of aromatic nitrogens is 1. The van der Waals surface area contributed by atoms with Gasteiger partial charge in [0.25, 0.3) is 11.8 Å². The first kappa shape index (κ1) is 23.9. The van der Waals surface area contributed by atoms with Crippen LogP contribution in [-0.4, -0.2) is 41.8 Å². The molecule has 2 amide bonds. The quantitative estimate of drug-likeness (QED) is 0.466.